The Morgan fingerprint density at radius 3 is 2.58 bits per heavy atom. The van der Waals surface area contributed by atoms with Crippen LogP contribution in [0.2, 0.25) is 10.0 Å². The van der Waals surface area contributed by atoms with Gasteiger partial charge in [0.05, 0.1) is 26.8 Å². The molecule has 96 valence electrons. The van der Waals surface area contributed by atoms with Crippen LogP contribution in [0.25, 0.3) is 16.7 Å². The predicted octanol–water partition coefficient (Wildman–Crippen LogP) is 5.76. The molecule has 1 N–H and O–H groups in total. The number of H-pyrrole nitrogens is 1. The summed E-state index contributed by atoms with van der Waals surface area (Å²) >= 11 is 20.8. The van der Waals surface area contributed by atoms with Gasteiger partial charge >= 0.3 is 0 Å². The number of rotatable bonds is 1. The average Bonchev–Trinajstić information content (AvgIpc) is 2.68. The van der Waals surface area contributed by atoms with Crippen molar-refractivity contribution in [2.45, 2.75) is 0 Å². The molecule has 0 aliphatic rings. The van der Waals surface area contributed by atoms with E-state index in [1.54, 1.807) is 12.1 Å². The zero-order valence-corrected chi connectivity index (χ0v) is 13.4. The number of halogens is 3. The van der Waals surface area contributed by atoms with Gasteiger partial charge in [0.1, 0.15) is 0 Å². The Kier molecular flexibility index (Phi) is 3.43. The number of aromatic amines is 1. The Labute approximate surface area is 133 Å². The summed E-state index contributed by atoms with van der Waals surface area (Å²) in [6.45, 7) is 0. The summed E-state index contributed by atoms with van der Waals surface area (Å²) in [6.07, 6.45) is 0. The maximum Gasteiger partial charge on any atom is 0.182 e. The third kappa shape index (κ3) is 2.34. The van der Waals surface area contributed by atoms with Gasteiger partial charge in [-0.15, -0.1) is 0 Å². The third-order valence-corrected chi connectivity index (χ3v) is 4.32. The van der Waals surface area contributed by atoms with Crippen molar-refractivity contribution in [2.75, 3.05) is 0 Å². The van der Waals surface area contributed by atoms with E-state index in [2.05, 4.69) is 20.9 Å². The van der Waals surface area contributed by atoms with Gasteiger partial charge in [-0.3, -0.25) is 4.57 Å². The topological polar surface area (TPSA) is 20.7 Å². The highest BCUT2D eigenvalue weighted by atomic mass is 79.9. The van der Waals surface area contributed by atoms with Gasteiger partial charge in [0, 0.05) is 4.47 Å². The van der Waals surface area contributed by atoms with Crippen LogP contribution in [0.5, 0.6) is 0 Å². The first-order valence-corrected chi connectivity index (χ1v) is 7.38. The van der Waals surface area contributed by atoms with E-state index in [1.807, 2.05) is 28.8 Å². The molecule has 2 nitrogen and oxygen atoms in total. The Bertz CT molecular complexity index is 838. The fourth-order valence-electron chi connectivity index (χ4n) is 1.96. The molecule has 0 fully saturated rings. The predicted molar refractivity (Wildman–Crippen MR) is 86.2 cm³/mol. The van der Waals surface area contributed by atoms with Gasteiger partial charge in [-0.2, -0.15) is 0 Å². The average molecular weight is 374 g/mol. The fraction of sp³-hybridized carbons (Fsp3) is 0. The lowest BCUT2D eigenvalue weighted by Gasteiger charge is -2.06. The normalized spacial score (nSPS) is 11.1. The number of benzene rings is 2. The first kappa shape index (κ1) is 13.2. The van der Waals surface area contributed by atoms with Crippen LogP contribution in [-0.4, -0.2) is 9.55 Å². The number of aromatic nitrogens is 2. The largest absolute Gasteiger partial charge is 0.330 e. The number of imidazole rings is 1. The van der Waals surface area contributed by atoms with Crippen molar-refractivity contribution in [3.05, 3.63) is 55.7 Å². The van der Waals surface area contributed by atoms with E-state index in [1.165, 1.54) is 0 Å². The summed E-state index contributed by atoms with van der Waals surface area (Å²) in [5.41, 5.74) is 2.83. The highest BCUT2D eigenvalue weighted by molar-refractivity contribution is 9.10. The summed E-state index contributed by atoms with van der Waals surface area (Å²) in [5.74, 6) is 0. The zero-order valence-electron chi connectivity index (χ0n) is 9.45. The molecule has 0 unspecified atom stereocenters. The number of nitrogens with zero attached hydrogens (tertiary/aromatic N) is 1. The summed E-state index contributed by atoms with van der Waals surface area (Å²) in [5, 5.41) is 1.03. The molecule has 3 aromatic rings. The Morgan fingerprint density at radius 2 is 1.84 bits per heavy atom. The van der Waals surface area contributed by atoms with E-state index in [-0.39, 0.29) is 0 Å². The Balaban J connectivity index is 2.35. The first-order chi connectivity index (χ1) is 9.06. The van der Waals surface area contributed by atoms with E-state index < -0.39 is 0 Å². The highest BCUT2D eigenvalue weighted by Gasteiger charge is 2.08. The minimum absolute atomic E-state index is 0.505. The number of nitrogens with one attached hydrogen (secondary N) is 1. The fourth-order valence-corrected chi connectivity index (χ4v) is 2.91. The lowest BCUT2D eigenvalue weighted by atomic mass is 10.3. The van der Waals surface area contributed by atoms with E-state index in [0.29, 0.717) is 14.8 Å². The Morgan fingerprint density at radius 1 is 1.05 bits per heavy atom. The molecular weight excluding hydrogens is 367 g/mol. The molecule has 0 saturated heterocycles. The molecule has 0 atom stereocenters. The van der Waals surface area contributed by atoms with Crippen LogP contribution in [-0.2, 0) is 0 Å². The van der Waals surface area contributed by atoms with Crippen LogP contribution >= 0.6 is 51.3 Å². The molecule has 0 saturated carbocycles. The molecule has 0 spiro atoms. The molecule has 0 aliphatic heterocycles. The lowest BCUT2D eigenvalue weighted by Crippen LogP contribution is -1.93. The minimum atomic E-state index is 0.505. The van der Waals surface area contributed by atoms with Crippen molar-refractivity contribution < 1.29 is 0 Å². The van der Waals surface area contributed by atoms with Crippen molar-refractivity contribution in [1.29, 1.82) is 0 Å². The SMILES string of the molecule is S=c1[nH]c2ccc(Br)cc2n1-c1ccc(Cl)c(Cl)c1. The number of fused-ring (bicyclic) bond motifs is 1. The minimum Gasteiger partial charge on any atom is -0.330 e. The van der Waals surface area contributed by atoms with Crippen LogP contribution in [0.4, 0.5) is 0 Å². The molecule has 3 rings (SSSR count). The summed E-state index contributed by atoms with van der Waals surface area (Å²) in [4.78, 5) is 3.17. The van der Waals surface area contributed by atoms with Crippen LogP contribution in [0, 0.1) is 4.77 Å². The third-order valence-electron chi connectivity index (χ3n) is 2.81. The van der Waals surface area contributed by atoms with Gasteiger partial charge in [0.2, 0.25) is 0 Å². The van der Waals surface area contributed by atoms with Crippen molar-refractivity contribution >= 4 is 62.4 Å². The second kappa shape index (κ2) is 4.94. The molecule has 0 radical (unpaired) electrons. The lowest BCUT2D eigenvalue weighted by molar-refractivity contribution is 1.06. The molecule has 0 bridgehead atoms. The highest BCUT2D eigenvalue weighted by Crippen LogP contribution is 2.28. The monoisotopic (exact) mass is 372 g/mol. The van der Waals surface area contributed by atoms with Gasteiger partial charge in [0.25, 0.3) is 0 Å². The number of hydrogen-bond acceptors (Lipinski definition) is 1. The van der Waals surface area contributed by atoms with Gasteiger partial charge < -0.3 is 4.98 Å². The Hall–Kier alpha value is -0.810. The van der Waals surface area contributed by atoms with Crippen LogP contribution in [0.3, 0.4) is 0 Å². The molecule has 19 heavy (non-hydrogen) atoms. The van der Waals surface area contributed by atoms with Crippen LogP contribution in [0.1, 0.15) is 0 Å². The van der Waals surface area contributed by atoms with E-state index >= 15 is 0 Å². The molecule has 1 aromatic heterocycles. The standard InChI is InChI=1S/C13H7BrCl2N2S/c14-7-1-4-11-12(5-7)18(13(19)17-11)8-2-3-9(15)10(16)6-8/h1-6H,(H,17,19). The maximum absolute atomic E-state index is 6.07. The van der Waals surface area contributed by atoms with E-state index in [4.69, 9.17) is 35.4 Å². The van der Waals surface area contributed by atoms with Crippen molar-refractivity contribution in [3.8, 4) is 5.69 Å². The molecule has 0 aliphatic carbocycles. The quantitative estimate of drug-likeness (QED) is 0.538. The molecule has 2 aromatic carbocycles. The van der Waals surface area contributed by atoms with Gasteiger partial charge in [-0.05, 0) is 48.6 Å². The van der Waals surface area contributed by atoms with E-state index in [0.717, 1.165) is 21.2 Å². The maximum atomic E-state index is 6.07. The second-order valence-electron chi connectivity index (χ2n) is 4.03. The molecule has 6 heteroatoms. The summed E-state index contributed by atoms with van der Waals surface area (Å²) in [6, 6.07) is 11.4. The molecular formula is C13H7BrCl2N2S. The number of hydrogen-bond donors (Lipinski definition) is 1. The summed E-state index contributed by atoms with van der Waals surface area (Å²) < 4.78 is 3.53. The smallest absolute Gasteiger partial charge is 0.182 e. The summed E-state index contributed by atoms with van der Waals surface area (Å²) in [7, 11) is 0. The van der Waals surface area contributed by atoms with E-state index in [9.17, 15) is 0 Å². The van der Waals surface area contributed by atoms with Crippen LogP contribution in [0.15, 0.2) is 40.9 Å². The van der Waals surface area contributed by atoms with Crippen molar-refractivity contribution in [3.63, 3.8) is 0 Å². The van der Waals surface area contributed by atoms with Crippen molar-refractivity contribution in [1.82, 2.24) is 9.55 Å². The van der Waals surface area contributed by atoms with Crippen molar-refractivity contribution in [2.24, 2.45) is 0 Å². The zero-order chi connectivity index (χ0) is 13.6. The van der Waals surface area contributed by atoms with Crippen LogP contribution < -0.4 is 0 Å². The van der Waals surface area contributed by atoms with Gasteiger partial charge in [-0.25, -0.2) is 0 Å². The first-order valence-electron chi connectivity index (χ1n) is 5.42. The molecule has 1 heterocycles. The van der Waals surface area contributed by atoms with Gasteiger partial charge in [-0.1, -0.05) is 39.1 Å². The second-order valence-corrected chi connectivity index (χ2v) is 6.14. The van der Waals surface area contributed by atoms with Gasteiger partial charge in [0.15, 0.2) is 4.77 Å². The molecule has 0 amide bonds.